The van der Waals surface area contributed by atoms with Gasteiger partial charge in [0.2, 0.25) is 0 Å². The topological polar surface area (TPSA) is 80.7 Å². The van der Waals surface area contributed by atoms with Crippen molar-refractivity contribution >= 4 is 22.0 Å². The summed E-state index contributed by atoms with van der Waals surface area (Å²) >= 11 is 0. The van der Waals surface area contributed by atoms with Crippen LogP contribution in [0, 0.1) is 5.92 Å². The highest BCUT2D eigenvalue weighted by Gasteiger charge is 2.19. The molecular formula is C13H16O5S. The minimum atomic E-state index is -4.28. The number of benzene rings is 1. The average molecular weight is 284 g/mol. The molecule has 0 radical (unpaired) electrons. The third-order valence-corrected chi connectivity index (χ3v) is 3.14. The van der Waals surface area contributed by atoms with Gasteiger partial charge in [-0.15, -0.1) is 0 Å². The SMILES string of the molecule is C=Cc1ccc(OCC(C)C(=O)CS(=O)(=O)O)cc1. The van der Waals surface area contributed by atoms with Gasteiger partial charge in [0, 0.05) is 0 Å². The Labute approximate surface area is 112 Å². The van der Waals surface area contributed by atoms with E-state index in [0.29, 0.717) is 5.75 Å². The number of rotatable bonds is 7. The highest BCUT2D eigenvalue weighted by molar-refractivity contribution is 7.86. The first-order valence-corrected chi connectivity index (χ1v) is 7.26. The fourth-order valence-electron chi connectivity index (χ4n) is 1.34. The molecule has 0 amide bonds. The third kappa shape index (κ3) is 5.67. The van der Waals surface area contributed by atoms with Gasteiger partial charge in [0.1, 0.15) is 11.5 Å². The predicted octanol–water partition coefficient (Wildman–Crippen LogP) is 1.80. The van der Waals surface area contributed by atoms with E-state index in [1.807, 2.05) is 12.1 Å². The summed E-state index contributed by atoms with van der Waals surface area (Å²) in [5, 5.41) is 0. The summed E-state index contributed by atoms with van der Waals surface area (Å²) < 4.78 is 35.1. The molecule has 0 aliphatic heterocycles. The fraction of sp³-hybridized carbons (Fsp3) is 0.308. The maximum atomic E-state index is 11.4. The standard InChI is InChI=1S/C13H16O5S/c1-3-11-4-6-12(7-5-11)18-8-10(2)13(14)9-19(15,16)17/h3-7,10H,1,8-9H2,2H3,(H,15,16,17). The lowest BCUT2D eigenvalue weighted by atomic mass is 10.1. The lowest BCUT2D eigenvalue weighted by Gasteiger charge is -2.11. The van der Waals surface area contributed by atoms with Gasteiger partial charge in [0.25, 0.3) is 10.1 Å². The van der Waals surface area contributed by atoms with Crippen LogP contribution in [0.3, 0.4) is 0 Å². The van der Waals surface area contributed by atoms with Crippen LogP contribution >= 0.6 is 0 Å². The van der Waals surface area contributed by atoms with Gasteiger partial charge in [0.05, 0.1) is 12.5 Å². The zero-order valence-corrected chi connectivity index (χ0v) is 11.4. The van der Waals surface area contributed by atoms with E-state index in [1.165, 1.54) is 0 Å². The van der Waals surface area contributed by atoms with E-state index >= 15 is 0 Å². The number of hydrogen-bond acceptors (Lipinski definition) is 4. The highest BCUT2D eigenvalue weighted by Crippen LogP contribution is 2.14. The molecule has 1 rings (SSSR count). The van der Waals surface area contributed by atoms with Crippen LogP contribution in [-0.4, -0.2) is 31.1 Å². The van der Waals surface area contributed by atoms with Gasteiger partial charge < -0.3 is 4.74 Å². The summed E-state index contributed by atoms with van der Waals surface area (Å²) in [7, 11) is -4.28. The van der Waals surface area contributed by atoms with Gasteiger partial charge in [-0.1, -0.05) is 31.7 Å². The second-order valence-corrected chi connectivity index (χ2v) is 5.63. The van der Waals surface area contributed by atoms with E-state index in [9.17, 15) is 13.2 Å². The lowest BCUT2D eigenvalue weighted by molar-refractivity contribution is -0.120. The van der Waals surface area contributed by atoms with Gasteiger partial charge in [-0.05, 0) is 17.7 Å². The molecule has 104 valence electrons. The van der Waals surface area contributed by atoms with Crippen LogP contribution < -0.4 is 4.74 Å². The van der Waals surface area contributed by atoms with Gasteiger partial charge in [-0.2, -0.15) is 8.42 Å². The molecule has 19 heavy (non-hydrogen) atoms. The molecule has 0 saturated carbocycles. The molecule has 0 fully saturated rings. The molecule has 0 aliphatic carbocycles. The van der Waals surface area contributed by atoms with Crippen molar-refractivity contribution in [3.8, 4) is 5.75 Å². The van der Waals surface area contributed by atoms with Gasteiger partial charge in [-0.3, -0.25) is 9.35 Å². The summed E-state index contributed by atoms with van der Waals surface area (Å²) in [6.45, 7) is 5.23. The van der Waals surface area contributed by atoms with E-state index in [0.717, 1.165) is 5.56 Å². The molecule has 1 aromatic rings. The summed E-state index contributed by atoms with van der Waals surface area (Å²) in [4.78, 5) is 11.4. The molecule has 5 nitrogen and oxygen atoms in total. The number of ketones is 1. The lowest BCUT2D eigenvalue weighted by Crippen LogP contribution is -2.25. The fourth-order valence-corrected chi connectivity index (χ4v) is 1.98. The monoisotopic (exact) mass is 284 g/mol. The van der Waals surface area contributed by atoms with Crippen LogP contribution in [0.4, 0.5) is 0 Å². The van der Waals surface area contributed by atoms with Crippen LogP contribution in [0.15, 0.2) is 30.8 Å². The van der Waals surface area contributed by atoms with E-state index in [-0.39, 0.29) is 6.61 Å². The van der Waals surface area contributed by atoms with Crippen molar-refractivity contribution in [3.05, 3.63) is 36.4 Å². The summed E-state index contributed by atoms with van der Waals surface area (Å²) in [5.74, 6) is -1.49. The van der Waals surface area contributed by atoms with E-state index in [1.54, 1.807) is 25.1 Å². The minimum Gasteiger partial charge on any atom is -0.493 e. The van der Waals surface area contributed by atoms with Gasteiger partial charge in [-0.25, -0.2) is 0 Å². The molecule has 1 atom stereocenters. The Balaban J connectivity index is 2.51. The number of carbonyl (C=O) groups is 1. The molecule has 0 aromatic heterocycles. The second-order valence-electron chi connectivity index (χ2n) is 4.18. The summed E-state index contributed by atoms with van der Waals surface area (Å²) in [5.41, 5.74) is 0.947. The first kappa shape index (κ1) is 15.4. The molecule has 1 N–H and O–H groups in total. The van der Waals surface area contributed by atoms with E-state index < -0.39 is 27.6 Å². The number of Topliss-reactive ketones (excluding diaryl/α,β-unsaturated/α-hetero) is 1. The van der Waals surface area contributed by atoms with Crippen LogP contribution in [0.2, 0.25) is 0 Å². The molecule has 1 aromatic carbocycles. The maximum Gasteiger partial charge on any atom is 0.272 e. The van der Waals surface area contributed by atoms with Crippen LogP contribution in [0.5, 0.6) is 5.75 Å². The number of carbonyl (C=O) groups excluding carboxylic acids is 1. The zero-order valence-electron chi connectivity index (χ0n) is 10.6. The Morgan fingerprint density at radius 3 is 2.47 bits per heavy atom. The Morgan fingerprint density at radius 2 is 2.00 bits per heavy atom. The van der Waals surface area contributed by atoms with Crippen molar-refractivity contribution in [1.29, 1.82) is 0 Å². The molecule has 0 bridgehead atoms. The zero-order chi connectivity index (χ0) is 14.5. The van der Waals surface area contributed by atoms with Crippen molar-refractivity contribution in [3.63, 3.8) is 0 Å². The van der Waals surface area contributed by atoms with Crippen molar-refractivity contribution < 1.29 is 22.5 Å². The Hall–Kier alpha value is -1.66. The summed E-state index contributed by atoms with van der Waals surface area (Å²) in [6.07, 6.45) is 1.70. The maximum absolute atomic E-state index is 11.4. The molecule has 0 saturated heterocycles. The minimum absolute atomic E-state index is 0.0573. The van der Waals surface area contributed by atoms with Gasteiger partial charge >= 0.3 is 0 Å². The molecule has 0 spiro atoms. The van der Waals surface area contributed by atoms with E-state index in [4.69, 9.17) is 9.29 Å². The van der Waals surface area contributed by atoms with Gasteiger partial charge in [0.15, 0.2) is 5.78 Å². The molecule has 0 aliphatic rings. The van der Waals surface area contributed by atoms with Crippen LogP contribution in [-0.2, 0) is 14.9 Å². The Morgan fingerprint density at radius 1 is 1.42 bits per heavy atom. The third-order valence-electron chi connectivity index (χ3n) is 2.49. The molecular weight excluding hydrogens is 268 g/mol. The summed E-state index contributed by atoms with van der Waals surface area (Å²) in [6, 6.07) is 7.09. The quantitative estimate of drug-likeness (QED) is 0.772. The number of hydrogen-bond donors (Lipinski definition) is 1. The first-order chi connectivity index (χ1) is 8.81. The van der Waals surface area contributed by atoms with Crippen molar-refractivity contribution in [2.45, 2.75) is 6.92 Å². The molecule has 0 heterocycles. The second kappa shape index (κ2) is 6.49. The van der Waals surface area contributed by atoms with E-state index in [2.05, 4.69) is 6.58 Å². The molecule has 1 unspecified atom stereocenters. The molecule has 6 heteroatoms. The smallest absolute Gasteiger partial charge is 0.272 e. The first-order valence-electron chi connectivity index (χ1n) is 5.65. The van der Waals surface area contributed by atoms with Crippen LogP contribution in [0.1, 0.15) is 12.5 Å². The van der Waals surface area contributed by atoms with Crippen LogP contribution in [0.25, 0.3) is 6.08 Å². The largest absolute Gasteiger partial charge is 0.493 e. The normalized spacial score (nSPS) is 12.7. The van der Waals surface area contributed by atoms with Crippen molar-refractivity contribution in [2.24, 2.45) is 5.92 Å². The van der Waals surface area contributed by atoms with Crippen molar-refractivity contribution in [2.75, 3.05) is 12.4 Å². The Kier molecular flexibility index (Phi) is 5.26. The highest BCUT2D eigenvalue weighted by atomic mass is 32.2. The predicted molar refractivity (Wildman–Crippen MR) is 72.6 cm³/mol. The van der Waals surface area contributed by atoms with Crippen molar-refractivity contribution in [1.82, 2.24) is 0 Å². The Bertz CT molecular complexity index is 545. The average Bonchev–Trinajstić information content (AvgIpc) is 2.34. The number of ether oxygens (including phenoxy) is 1.